The Bertz CT molecular complexity index is 644. The van der Waals surface area contributed by atoms with Crippen LogP contribution in [-0.4, -0.2) is 13.3 Å². The van der Waals surface area contributed by atoms with Crippen LogP contribution < -0.4 is 10.2 Å². The van der Waals surface area contributed by atoms with Crippen molar-refractivity contribution in [1.82, 2.24) is 4.98 Å². The third-order valence-corrected chi connectivity index (χ3v) is 9.36. The summed E-state index contributed by atoms with van der Waals surface area (Å²) >= 11 is 1.66. The molecule has 0 aliphatic rings. The van der Waals surface area contributed by atoms with Crippen molar-refractivity contribution in [2.45, 2.75) is 45.8 Å². The van der Waals surface area contributed by atoms with Crippen molar-refractivity contribution in [3.8, 4) is 16.5 Å². The predicted octanol–water partition coefficient (Wildman–Crippen LogP) is 5.08. The van der Waals surface area contributed by atoms with Gasteiger partial charge in [0.25, 0.3) is 8.32 Å². The van der Waals surface area contributed by atoms with Crippen molar-refractivity contribution in [1.29, 1.82) is 0 Å². The van der Waals surface area contributed by atoms with Crippen molar-refractivity contribution >= 4 is 25.3 Å². The Morgan fingerprint density at radius 1 is 1.24 bits per heavy atom. The van der Waals surface area contributed by atoms with E-state index >= 15 is 0 Å². The molecular formula is C16H24N2OSSi. The Labute approximate surface area is 132 Å². The van der Waals surface area contributed by atoms with E-state index in [-0.39, 0.29) is 5.04 Å². The SMILES string of the molecule is Cc1sc(-c2cccc(N)c2)nc1O[Si](C)(C)C(C)(C)C. The largest absolute Gasteiger partial charge is 0.530 e. The van der Waals surface area contributed by atoms with Gasteiger partial charge in [-0.25, -0.2) is 4.98 Å². The lowest BCUT2D eigenvalue weighted by atomic mass is 10.2. The van der Waals surface area contributed by atoms with Crippen LogP contribution >= 0.6 is 11.3 Å². The summed E-state index contributed by atoms with van der Waals surface area (Å²) in [5, 5.41) is 1.13. The van der Waals surface area contributed by atoms with E-state index in [1.807, 2.05) is 24.3 Å². The highest BCUT2D eigenvalue weighted by molar-refractivity contribution is 7.15. The Morgan fingerprint density at radius 2 is 1.90 bits per heavy atom. The van der Waals surface area contributed by atoms with Gasteiger partial charge in [-0.1, -0.05) is 32.9 Å². The second kappa shape index (κ2) is 5.46. The van der Waals surface area contributed by atoms with Crippen LogP contribution in [0, 0.1) is 6.92 Å². The second-order valence-corrected chi connectivity index (χ2v) is 12.8. The Hall–Kier alpha value is -1.33. The monoisotopic (exact) mass is 320 g/mol. The van der Waals surface area contributed by atoms with Crippen LogP contribution in [0.4, 0.5) is 5.69 Å². The van der Waals surface area contributed by atoms with Crippen molar-refractivity contribution in [2.24, 2.45) is 0 Å². The normalized spacial score (nSPS) is 12.5. The molecule has 1 heterocycles. The first-order chi connectivity index (χ1) is 9.60. The van der Waals surface area contributed by atoms with Gasteiger partial charge in [-0.05, 0) is 37.2 Å². The standard InChI is InChI=1S/C16H24N2OSSi/c1-11-14(19-21(5,6)16(2,3)4)18-15(20-11)12-8-7-9-13(17)10-12/h7-10H,17H2,1-6H3. The number of anilines is 1. The fourth-order valence-electron chi connectivity index (χ4n) is 1.67. The van der Waals surface area contributed by atoms with Crippen molar-refractivity contribution in [3.05, 3.63) is 29.1 Å². The molecule has 1 aromatic heterocycles. The summed E-state index contributed by atoms with van der Waals surface area (Å²) in [6.07, 6.45) is 0. The number of hydrogen-bond acceptors (Lipinski definition) is 4. The number of hydrogen-bond donors (Lipinski definition) is 1. The molecule has 0 bridgehead atoms. The average Bonchev–Trinajstić information content (AvgIpc) is 2.69. The van der Waals surface area contributed by atoms with E-state index in [1.54, 1.807) is 11.3 Å². The Balaban J connectivity index is 2.32. The van der Waals surface area contributed by atoms with Gasteiger partial charge in [0.1, 0.15) is 5.01 Å². The zero-order valence-electron chi connectivity index (χ0n) is 13.7. The van der Waals surface area contributed by atoms with Crippen LogP contribution in [0.3, 0.4) is 0 Å². The molecule has 0 amide bonds. The summed E-state index contributed by atoms with van der Waals surface area (Å²) in [6.45, 7) is 13.3. The number of rotatable bonds is 3. The fraction of sp³-hybridized carbons (Fsp3) is 0.438. The van der Waals surface area contributed by atoms with E-state index < -0.39 is 8.32 Å². The smallest absolute Gasteiger partial charge is 0.252 e. The minimum absolute atomic E-state index is 0.167. The van der Waals surface area contributed by atoms with Gasteiger partial charge in [-0.3, -0.25) is 0 Å². The molecule has 2 rings (SSSR count). The van der Waals surface area contributed by atoms with E-state index in [4.69, 9.17) is 15.1 Å². The van der Waals surface area contributed by atoms with E-state index in [1.165, 1.54) is 0 Å². The summed E-state index contributed by atoms with van der Waals surface area (Å²) in [5.74, 6) is 0.781. The molecule has 3 nitrogen and oxygen atoms in total. The summed E-state index contributed by atoms with van der Waals surface area (Å²) in [5.41, 5.74) is 7.66. The van der Waals surface area contributed by atoms with Gasteiger partial charge in [0.05, 0.1) is 4.88 Å². The van der Waals surface area contributed by atoms with Crippen LogP contribution in [0.1, 0.15) is 25.6 Å². The molecule has 0 saturated carbocycles. The number of nitrogens with zero attached hydrogens (tertiary/aromatic N) is 1. The number of aryl methyl sites for hydroxylation is 1. The third kappa shape index (κ3) is 3.47. The highest BCUT2D eigenvalue weighted by Crippen LogP contribution is 2.40. The summed E-state index contributed by atoms with van der Waals surface area (Å²) in [7, 11) is -1.86. The lowest BCUT2D eigenvalue weighted by Crippen LogP contribution is -2.44. The lowest BCUT2D eigenvalue weighted by molar-refractivity contribution is 0.477. The van der Waals surface area contributed by atoms with Crippen LogP contribution in [-0.2, 0) is 0 Å². The molecule has 0 saturated heterocycles. The number of nitrogens with two attached hydrogens (primary N) is 1. The van der Waals surface area contributed by atoms with Crippen LogP contribution in [0.15, 0.2) is 24.3 Å². The third-order valence-electron chi connectivity index (χ3n) is 4.05. The van der Waals surface area contributed by atoms with Gasteiger partial charge in [-0.15, -0.1) is 11.3 Å². The number of thiazole rings is 1. The van der Waals surface area contributed by atoms with Gasteiger partial charge in [-0.2, -0.15) is 0 Å². The zero-order valence-corrected chi connectivity index (χ0v) is 15.5. The van der Waals surface area contributed by atoms with Gasteiger partial charge < -0.3 is 10.2 Å². The van der Waals surface area contributed by atoms with Crippen molar-refractivity contribution in [2.75, 3.05) is 5.73 Å². The number of benzene rings is 1. The highest BCUT2D eigenvalue weighted by Gasteiger charge is 2.39. The topological polar surface area (TPSA) is 48.1 Å². The Kier molecular flexibility index (Phi) is 4.17. The molecule has 2 N–H and O–H groups in total. The Morgan fingerprint density at radius 3 is 2.48 bits per heavy atom. The molecule has 0 aliphatic heterocycles. The molecule has 0 unspecified atom stereocenters. The molecular weight excluding hydrogens is 296 g/mol. The number of nitrogen functional groups attached to an aromatic ring is 1. The molecule has 5 heteroatoms. The summed E-state index contributed by atoms with van der Waals surface area (Å²) < 4.78 is 6.34. The molecule has 2 aromatic rings. The first kappa shape index (κ1) is 16.0. The predicted molar refractivity (Wildman–Crippen MR) is 94.5 cm³/mol. The van der Waals surface area contributed by atoms with Crippen LogP contribution in [0.2, 0.25) is 18.1 Å². The fourth-order valence-corrected chi connectivity index (χ4v) is 3.57. The summed E-state index contributed by atoms with van der Waals surface area (Å²) in [4.78, 5) is 5.82. The maximum atomic E-state index is 6.34. The quantitative estimate of drug-likeness (QED) is 0.633. The minimum Gasteiger partial charge on any atom is -0.530 e. The van der Waals surface area contributed by atoms with E-state index in [0.29, 0.717) is 0 Å². The summed E-state index contributed by atoms with van der Waals surface area (Å²) in [6, 6.07) is 7.83. The van der Waals surface area contributed by atoms with Gasteiger partial charge in [0.15, 0.2) is 0 Å². The average molecular weight is 321 g/mol. The molecule has 0 fully saturated rings. The molecule has 0 radical (unpaired) electrons. The number of aromatic nitrogens is 1. The van der Waals surface area contributed by atoms with Gasteiger partial charge >= 0.3 is 0 Å². The molecule has 0 atom stereocenters. The van der Waals surface area contributed by atoms with Gasteiger partial charge in [0.2, 0.25) is 5.88 Å². The lowest BCUT2D eigenvalue weighted by Gasteiger charge is -2.35. The molecule has 21 heavy (non-hydrogen) atoms. The maximum absolute atomic E-state index is 6.34. The second-order valence-electron chi connectivity index (χ2n) is 6.87. The van der Waals surface area contributed by atoms with E-state index in [0.717, 1.165) is 27.0 Å². The molecule has 0 aliphatic carbocycles. The van der Waals surface area contributed by atoms with Crippen molar-refractivity contribution in [3.63, 3.8) is 0 Å². The first-order valence-corrected chi connectivity index (χ1v) is 10.8. The minimum atomic E-state index is -1.86. The van der Waals surface area contributed by atoms with Gasteiger partial charge in [0, 0.05) is 11.3 Å². The first-order valence-electron chi connectivity index (χ1n) is 7.12. The highest BCUT2D eigenvalue weighted by atomic mass is 32.1. The van der Waals surface area contributed by atoms with E-state index in [9.17, 15) is 0 Å². The molecule has 114 valence electrons. The molecule has 1 aromatic carbocycles. The van der Waals surface area contributed by atoms with Crippen LogP contribution in [0.25, 0.3) is 10.6 Å². The van der Waals surface area contributed by atoms with E-state index in [2.05, 4.69) is 40.8 Å². The van der Waals surface area contributed by atoms with Crippen molar-refractivity contribution < 1.29 is 4.43 Å². The molecule has 0 spiro atoms. The maximum Gasteiger partial charge on any atom is 0.252 e. The zero-order chi connectivity index (χ0) is 15.8. The van der Waals surface area contributed by atoms with Crippen LogP contribution in [0.5, 0.6) is 5.88 Å².